The second-order valence-electron chi connectivity index (χ2n) is 4.60. The largest absolute Gasteiger partial charge is 0.480 e. The molecule has 2 rings (SSSR count). The van der Waals surface area contributed by atoms with Crippen molar-refractivity contribution >= 4 is 5.97 Å². The van der Waals surface area contributed by atoms with E-state index in [-0.39, 0.29) is 12.8 Å². The maximum atomic E-state index is 13.1. The van der Waals surface area contributed by atoms with Crippen molar-refractivity contribution in [3.63, 3.8) is 0 Å². The van der Waals surface area contributed by atoms with Gasteiger partial charge in [-0.05, 0) is 12.8 Å². The lowest BCUT2D eigenvalue weighted by Gasteiger charge is -2.36. The van der Waals surface area contributed by atoms with E-state index in [2.05, 4.69) is 4.98 Å². The molecule has 17 heavy (non-hydrogen) atoms. The molecule has 94 valence electrons. The summed E-state index contributed by atoms with van der Waals surface area (Å²) in [5, 5.41) is 9.36. The Labute approximate surface area is 97.3 Å². The Morgan fingerprint density at radius 1 is 1.41 bits per heavy atom. The van der Waals surface area contributed by atoms with E-state index in [0.29, 0.717) is 5.82 Å². The van der Waals surface area contributed by atoms with Gasteiger partial charge in [-0.3, -0.25) is 4.79 Å². The monoisotopic (exact) mass is 244 g/mol. The number of carboxylic acid groups (broad SMARTS) is 1. The number of imidazole rings is 1. The molecule has 0 spiro atoms. The number of halogens is 2. The first-order valence-electron chi connectivity index (χ1n) is 5.46. The minimum atomic E-state index is -2.75. The molecule has 0 atom stereocenters. The van der Waals surface area contributed by atoms with Crippen molar-refractivity contribution in [2.24, 2.45) is 7.05 Å². The molecule has 1 aliphatic rings. The summed E-state index contributed by atoms with van der Waals surface area (Å²) < 4.78 is 27.9. The summed E-state index contributed by atoms with van der Waals surface area (Å²) in [5.41, 5.74) is -1.26. The Balaban J connectivity index is 2.37. The maximum Gasteiger partial charge on any atom is 0.317 e. The van der Waals surface area contributed by atoms with Crippen molar-refractivity contribution in [1.82, 2.24) is 9.55 Å². The molecule has 1 fully saturated rings. The van der Waals surface area contributed by atoms with E-state index in [9.17, 15) is 18.7 Å². The van der Waals surface area contributed by atoms with Crippen molar-refractivity contribution in [1.29, 1.82) is 0 Å². The highest BCUT2D eigenvalue weighted by Gasteiger charge is 2.51. The first-order valence-corrected chi connectivity index (χ1v) is 5.46. The van der Waals surface area contributed by atoms with Crippen LogP contribution >= 0.6 is 0 Å². The van der Waals surface area contributed by atoms with E-state index >= 15 is 0 Å². The average Bonchev–Trinajstić information content (AvgIpc) is 2.65. The maximum absolute atomic E-state index is 13.1. The van der Waals surface area contributed by atoms with Crippen molar-refractivity contribution in [2.45, 2.75) is 37.0 Å². The van der Waals surface area contributed by atoms with E-state index < -0.39 is 30.1 Å². The molecule has 0 aliphatic heterocycles. The predicted octanol–water partition coefficient (Wildman–Crippen LogP) is 1.95. The second kappa shape index (κ2) is 3.78. The third-order valence-electron chi connectivity index (χ3n) is 3.49. The Morgan fingerprint density at radius 2 is 2.00 bits per heavy atom. The number of hydrogen-bond donors (Lipinski definition) is 1. The quantitative estimate of drug-likeness (QED) is 0.865. The fourth-order valence-corrected chi connectivity index (χ4v) is 2.40. The van der Waals surface area contributed by atoms with E-state index in [1.54, 1.807) is 17.8 Å². The molecule has 1 aliphatic carbocycles. The summed E-state index contributed by atoms with van der Waals surface area (Å²) in [4.78, 5) is 15.5. The van der Waals surface area contributed by atoms with Gasteiger partial charge in [0.2, 0.25) is 5.92 Å². The standard InChI is InChI=1S/C11H14F2N2O2/c1-15-7-6-14-8(15)10(9(16)17)2-4-11(12,13)5-3-10/h6-7H,2-5H2,1H3,(H,16,17). The highest BCUT2D eigenvalue weighted by atomic mass is 19.3. The molecular formula is C11H14F2N2O2. The van der Waals surface area contributed by atoms with Gasteiger partial charge in [-0.15, -0.1) is 0 Å². The van der Waals surface area contributed by atoms with Crippen molar-refractivity contribution in [3.8, 4) is 0 Å². The van der Waals surface area contributed by atoms with Gasteiger partial charge in [0.05, 0.1) is 0 Å². The van der Waals surface area contributed by atoms with Crippen molar-refractivity contribution < 1.29 is 18.7 Å². The third-order valence-corrected chi connectivity index (χ3v) is 3.49. The summed E-state index contributed by atoms with van der Waals surface area (Å²) in [5.74, 6) is -3.45. The van der Waals surface area contributed by atoms with Crippen LogP contribution in [0, 0.1) is 0 Å². The zero-order chi connectivity index (χ0) is 12.7. The first-order chi connectivity index (χ1) is 7.87. The molecule has 4 nitrogen and oxygen atoms in total. The van der Waals surface area contributed by atoms with E-state index in [4.69, 9.17) is 0 Å². The van der Waals surface area contributed by atoms with Gasteiger partial charge in [0.25, 0.3) is 0 Å². The van der Waals surface area contributed by atoms with Crippen LogP contribution < -0.4 is 0 Å². The minimum Gasteiger partial charge on any atom is -0.480 e. The molecule has 6 heteroatoms. The lowest BCUT2D eigenvalue weighted by molar-refractivity contribution is -0.149. The van der Waals surface area contributed by atoms with Gasteiger partial charge in [0, 0.05) is 32.3 Å². The van der Waals surface area contributed by atoms with Gasteiger partial charge in [-0.2, -0.15) is 0 Å². The SMILES string of the molecule is Cn1ccnc1C1(C(=O)O)CCC(F)(F)CC1. The lowest BCUT2D eigenvalue weighted by Crippen LogP contribution is -2.44. The second-order valence-corrected chi connectivity index (χ2v) is 4.60. The summed E-state index contributed by atoms with van der Waals surface area (Å²) in [6.45, 7) is 0. The molecule has 0 aromatic carbocycles. The van der Waals surface area contributed by atoms with Gasteiger partial charge in [0.1, 0.15) is 11.2 Å². The number of aryl methyl sites for hydroxylation is 1. The van der Waals surface area contributed by atoms with Crippen LogP contribution in [0.25, 0.3) is 0 Å². The van der Waals surface area contributed by atoms with Crippen molar-refractivity contribution in [3.05, 3.63) is 18.2 Å². The van der Waals surface area contributed by atoms with Crippen LogP contribution in [0.3, 0.4) is 0 Å². The van der Waals surface area contributed by atoms with Gasteiger partial charge in [0.15, 0.2) is 0 Å². The molecule has 1 N–H and O–H groups in total. The summed E-state index contributed by atoms with van der Waals surface area (Å²) in [7, 11) is 1.68. The average molecular weight is 244 g/mol. The number of alkyl halides is 2. The topological polar surface area (TPSA) is 55.1 Å². The number of aromatic nitrogens is 2. The normalized spacial score (nSPS) is 22.3. The van der Waals surface area contributed by atoms with Crippen LogP contribution in [0.4, 0.5) is 8.78 Å². The molecule has 1 saturated carbocycles. The van der Waals surface area contributed by atoms with E-state index in [1.165, 1.54) is 6.20 Å². The molecule has 1 aromatic rings. The number of hydrogen-bond acceptors (Lipinski definition) is 2. The van der Waals surface area contributed by atoms with Crippen LogP contribution in [0.15, 0.2) is 12.4 Å². The Morgan fingerprint density at radius 3 is 2.41 bits per heavy atom. The highest BCUT2D eigenvalue weighted by Crippen LogP contribution is 2.44. The van der Waals surface area contributed by atoms with E-state index in [1.807, 2.05) is 0 Å². The van der Waals surface area contributed by atoms with Crippen LogP contribution in [0.1, 0.15) is 31.5 Å². The number of nitrogens with zero attached hydrogens (tertiary/aromatic N) is 2. The Kier molecular flexibility index (Phi) is 2.67. The van der Waals surface area contributed by atoms with Gasteiger partial charge in [-0.1, -0.05) is 0 Å². The highest BCUT2D eigenvalue weighted by molar-refractivity contribution is 5.80. The van der Waals surface area contributed by atoms with Gasteiger partial charge < -0.3 is 9.67 Å². The Bertz CT molecular complexity index is 432. The van der Waals surface area contributed by atoms with Gasteiger partial charge >= 0.3 is 5.97 Å². The fraction of sp³-hybridized carbons (Fsp3) is 0.636. The fourth-order valence-electron chi connectivity index (χ4n) is 2.40. The minimum absolute atomic E-state index is 0.0693. The smallest absolute Gasteiger partial charge is 0.317 e. The summed E-state index contributed by atoms with van der Waals surface area (Å²) in [6, 6.07) is 0. The van der Waals surface area contributed by atoms with Crippen LogP contribution in [0.5, 0.6) is 0 Å². The van der Waals surface area contributed by atoms with Crippen LogP contribution in [-0.2, 0) is 17.3 Å². The molecule has 0 amide bonds. The molecule has 0 radical (unpaired) electrons. The van der Waals surface area contributed by atoms with Crippen LogP contribution in [-0.4, -0.2) is 26.5 Å². The molecule has 0 bridgehead atoms. The van der Waals surface area contributed by atoms with Crippen molar-refractivity contribution in [2.75, 3.05) is 0 Å². The van der Waals surface area contributed by atoms with Crippen LogP contribution in [0.2, 0.25) is 0 Å². The zero-order valence-electron chi connectivity index (χ0n) is 9.49. The lowest BCUT2D eigenvalue weighted by atomic mass is 9.72. The molecule has 0 unspecified atom stereocenters. The Hall–Kier alpha value is -1.46. The third kappa shape index (κ3) is 1.92. The number of carboxylic acids is 1. The predicted molar refractivity (Wildman–Crippen MR) is 55.9 cm³/mol. The summed E-state index contributed by atoms with van der Waals surface area (Å²) >= 11 is 0. The molecule has 1 aromatic heterocycles. The first kappa shape index (κ1) is 12.0. The molecule has 1 heterocycles. The number of rotatable bonds is 2. The number of carbonyl (C=O) groups is 1. The number of aliphatic carboxylic acids is 1. The summed E-state index contributed by atoms with van der Waals surface area (Å²) in [6.07, 6.45) is 2.19. The van der Waals surface area contributed by atoms with E-state index in [0.717, 1.165) is 0 Å². The van der Waals surface area contributed by atoms with Gasteiger partial charge in [-0.25, -0.2) is 13.8 Å². The molecular weight excluding hydrogens is 230 g/mol. The molecule has 0 saturated heterocycles. The zero-order valence-corrected chi connectivity index (χ0v) is 9.49.